The monoisotopic (exact) mass is 341 g/mol. The summed E-state index contributed by atoms with van der Waals surface area (Å²) in [5, 5.41) is 5.66. The summed E-state index contributed by atoms with van der Waals surface area (Å²) in [6, 6.07) is 3.60. The Morgan fingerprint density at radius 1 is 1.33 bits per heavy atom. The number of fused-ring (bicyclic) bond motifs is 1. The molecular weight excluding hydrogens is 322 g/mol. The molecule has 0 saturated carbocycles. The zero-order valence-electron chi connectivity index (χ0n) is 14.1. The summed E-state index contributed by atoms with van der Waals surface area (Å²) in [5.74, 6) is 0.216. The summed E-state index contributed by atoms with van der Waals surface area (Å²) in [5.41, 5.74) is 3.82. The Kier molecular flexibility index (Phi) is 4.67. The van der Waals surface area contributed by atoms with E-state index in [4.69, 9.17) is 16.6 Å². The predicted molar refractivity (Wildman–Crippen MR) is 97.9 cm³/mol. The van der Waals surface area contributed by atoms with Gasteiger partial charge in [0.2, 0.25) is 0 Å². The second kappa shape index (κ2) is 6.73. The van der Waals surface area contributed by atoms with Gasteiger partial charge in [-0.05, 0) is 38.0 Å². The number of dihydropyridines is 1. The molecule has 4 nitrogen and oxygen atoms in total. The number of aryl methyl sites for hydroxylation is 1. The number of allylic oxidation sites excluding steroid dienone is 2. The van der Waals surface area contributed by atoms with E-state index in [1.54, 1.807) is 6.20 Å². The molecule has 3 heterocycles. The first-order valence-corrected chi connectivity index (χ1v) is 8.48. The van der Waals surface area contributed by atoms with Crippen LogP contribution in [0, 0.1) is 6.92 Å². The van der Waals surface area contributed by atoms with Crippen molar-refractivity contribution in [3.05, 3.63) is 52.7 Å². The van der Waals surface area contributed by atoms with Crippen LogP contribution in [0.5, 0.6) is 0 Å². The van der Waals surface area contributed by atoms with E-state index in [1.165, 1.54) is 0 Å². The maximum atomic E-state index is 12.1. The van der Waals surface area contributed by atoms with Gasteiger partial charge in [0.05, 0.1) is 5.69 Å². The van der Waals surface area contributed by atoms with Crippen LogP contribution in [0.2, 0.25) is 5.15 Å². The lowest BCUT2D eigenvalue weighted by Crippen LogP contribution is -2.34. The second-order valence-corrected chi connectivity index (χ2v) is 6.48. The molecular formula is C19H20ClN3O. The van der Waals surface area contributed by atoms with Crippen molar-refractivity contribution in [2.45, 2.75) is 39.7 Å². The van der Waals surface area contributed by atoms with E-state index in [-0.39, 0.29) is 11.8 Å². The first kappa shape index (κ1) is 16.7. The Hall–Kier alpha value is -2.20. The highest BCUT2D eigenvalue weighted by Gasteiger charge is 2.20. The first-order chi connectivity index (χ1) is 11.5. The number of nitrogens with one attached hydrogen (secondary N) is 1. The lowest BCUT2D eigenvalue weighted by Gasteiger charge is -2.21. The molecule has 0 saturated heterocycles. The van der Waals surface area contributed by atoms with Crippen LogP contribution in [0.1, 0.15) is 38.1 Å². The van der Waals surface area contributed by atoms with Crippen LogP contribution in [0.3, 0.4) is 0 Å². The zero-order valence-corrected chi connectivity index (χ0v) is 14.8. The molecule has 5 heteroatoms. The number of ketones is 1. The fraction of sp³-hybridized carbons (Fsp3) is 0.316. The Balaban J connectivity index is 1.95. The number of rotatable bonds is 4. The van der Waals surface area contributed by atoms with Crippen LogP contribution >= 0.6 is 11.6 Å². The highest BCUT2D eigenvalue weighted by molar-refractivity contribution is 6.30. The lowest BCUT2D eigenvalue weighted by atomic mass is 9.95. The van der Waals surface area contributed by atoms with Gasteiger partial charge >= 0.3 is 0 Å². The SMILES string of the molecule is CCCC(=O)C1C=C(C)C(c2cc3cnc(Cl)cc3c(C)n2)=CN1. The van der Waals surface area contributed by atoms with Crippen molar-refractivity contribution >= 4 is 33.7 Å². The van der Waals surface area contributed by atoms with Crippen molar-refractivity contribution < 1.29 is 4.79 Å². The number of nitrogens with zero attached hydrogens (tertiary/aromatic N) is 2. The summed E-state index contributed by atoms with van der Waals surface area (Å²) < 4.78 is 0. The Morgan fingerprint density at radius 3 is 2.83 bits per heavy atom. The van der Waals surface area contributed by atoms with Gasteiger partial charge < -0.3 is 5.32 Å². The van der Waals surface area contributed by atoms with E-state index in [2.05, 4.69) is 10.3 Å². The number of carbonyl (C=O) groups is 1. The van der Waals surface area contributed by atoms with Gasteiger partial charge in [-0.25, -0.2) is 4.98 Å². The molecule has 0 fully saturated rings. The third-order valence-corrected chi connectivity index (χ3v) is 4.45. The summed E-state index contributed by atoms with van der Waals surface area (Å²) in [6.07, 6.45) is 7.09. The smallest absolute Gasteiger partial charge is 0.158 e. The summed E-state index contributed by atoms with van der Waals surface area (Å²) in [6.45, 7) is 5.99. The van der Waals surface area contributed by atoms with Crippen LogP contribution in [0.15, 0.2) is 36.2 Å². The minimum absolute atomic E-state index is 0.216. The molecule has 3 rings (SSSR count). The van der Waals surface area contributed by atoms with Gasteiger partial charge in [0, 0.05) is 40.9 Å². The molecule has 2 aromatic rings. The van der Waals surface area contributed by atoms with E-state index in [0.29, 0.717) is 11.6 Å². The van der Waals surface area contributed by atoms with Crippen LogP contribution in [-0.4, -0.2) is 21.8 Å². The van der Waals surface area contributed by atoms with Crippen molar-refractivity contribution in [1.82, 2.24) is 15.3 Å². The maximum absolute atomic E-state index is 12.1. The molecule has 124 valence electrons. The highest BCUT2D eigenvalue weighted by Crippen LogP contribution is 2.28. The fourth-order valence-corrected chi connectivity index (χ4v) is 3.12. The summed E-state index contributed by atoms with van der Waals surface area (Å²) in [7, 11) is 0. The molecule has 1 aliphatic rings. The summed E-state index contributed by atoms with van der Waals surface area (Å²) >= 11 is 5.97. The number of hydrogen-bond donors (Lipinski definition) is 1. The molecule has 0 spiro atoms. The van der Waals surface area contributed by atoms with Gasteiger partial charge in [-0.2, -0.15) is 0 Å². The lowest BCUT2D eigenvalue weighted by molar-refractivity contribution is -0.119. The largest absolute Gasteiger partial charge is 0.378 e. The topological polar surface area (TPSA) is 54.9 Å². The average molecular weight is 342 g/mol. The second-order valence-electron chi connectivity index (χ2n) is 6.09. The standard InChI is InChI=1S/C19H20ClN3O/c1-4-5-18(24)17-6-11(2)15(10-21-17)16-7-13-9-22-19(20)8-14(13)12(3)23-16/h6-10,17,21H,4-5H2,1-3H3. The van der Waals surface area contributed by atoms with Gasteiger partial charge in [-0.1, -0.05) is 24.6 Å². The third-order valence-electron chi connectivity index (χ3n) is 4.24. The van der Waals surface area contributed by atoms with E-state index in [9.17, 15) is 4.79 Å². The minimum atomic E-state index is -0.240. The molecule has 1 atom stereocenters. The molecule has 0 amide bonds. The van der Waals surface area contributed by atoms with Crippen molar-refractivity contribution in [3.8, 4) is 0 Å². The number of Topliss-reactive ketones (excluding diaryl/α,β-unsaturated/α-hetero) is 1. The molecule has 1 unspecified atom stereocenters. The van der Waals surface area contributed by atoms with E-state index in [0.717, 1.165) is 39.7 Å². The van der Waals surface area contributed by atoms with Gasteiger partial charge in [0.25, 0.3) is 0 Å². The van der Waals surface area contributed by atoms with Crippen molar-refractivity contribution in [2.75, 3.05) is 0 Å². The van der Waals surface area contributed by atoms with Crippen molar-refractivity contribution in [1.29, 1.82) is 0 Å². The third kappa shape index (κ3) is 3.20. The Bertz CT molecular complexity index is 870. The quantitative estimate of drug-likeness (QED) is 0.846. The Labute approximate surface area is 146 Å². The van der Waals surface area contributed by atoms with Gasteiger partial charge in [0.15, 0.2) is 5.78 Å². The van der Waals surface area contributed by atoms with E-state index in [1.807, 2.05) is 45.2 Å². The van der Waals surface area contributed by atoms with E-state index >= 15 is 0 Å². The number of carbonyl (C=O) groups excluding carboxylic acids is 1. The number of aromatic nitrogens is 2. The number of halogens is 1. The Morgan fingerprint density at radius 2 is 2.12 bits per heavy atom. The number of hydrogen-bond acceptors (Lipinski definition) is 4. The molecule has 0 aliphatic carbocycles. The molecule has 1 aliphatic heterocycles. The molecule has 0 aromatic carbocycles. The van der Waals surface area contributed by atoms with Crippen molar-refractivity contribution in [2.24, 2.45) is 0 Å². The average Bonchev–Trinajstić information content (AvgIpc) is 2.55. The van der Waals surface area contributed by atoms with Crippen LogP contribution in [0.4, 0.5) is 0 Å². The van der Waals surface area contributed by atoms with Gasteiger partial charge in [0.1, 0.15) is 11.2 Å². The highest BCUT2D eigenvalue weighted by atomic mass is 35.5. The van der Waals surface area contributed by atoms with Crippen LogP contribution < -0.4 is 5.32 Å². The van der Waals surface area contributed by atoms with Crippen molar-refractivity contribution in [3.63, 3.8) is 0 Å². The molecule has 0 bridgehead atoms. The van der Waals surface area contributed by atoms with E-state index < -0.39 is 0 Å². The molecule has 0 radical (unpaired) electrons. The zero-order chi connectivity index (χ0) is 17.3. The summed E-state index contributed by atoms with van der Waals surface area (Å²) in [4.78, 5) is 20.9. The van der Waals surface area contributed by atoms with Gasteiger partial charge in [-0.3, -0.25) is 9.78 Å². The minimum Gasteiger partial charge on any atom is -0.378 e. The fourth-order valence-electron chi connectivity index (χ4n) is 2.97. The molecule has 24 heavy (non-hydrogen) atoms. The van der Waals surface area contributed by atoms with Gasteiger partial charge in [-0.15, -0.1) is 0 Å². The molecule has 2 aromatic heterocycles. The maximum Gasteiger partial charge on any atom is 0.158 e. The van der Waals surface area contributed by atoms with Crippen LogP contribution in [-0.2, 0) is 4.79 Å². The number of pyridine rings is 2. The first-order valence-electron chi connectivity index (χ1n) is 8.10. The molecule has 1 N–H and O–H groups in total. The van der Waals surface area contributed by atoms with Crippen LogP contribution in [0.25, 0.3) is 16.3 Å². The predicted octanol–water partition coefficient (Wildman–Crippen LogP) is 4.22. The normalized spacial score (nSPS) is 17.2.